The molecule has 2 N–H and O–H groups in total. The van der Waals surface area contributed by atoms with Crippen molar-refractivity contribution in [3.05, 3.63) is 52.2 Å². The Labute approximate surface area is 164 Å². The van der Waals surface area contributed by atoms with E-state index in [1.807, 2.05) is 17.5 Å². The maximum atomic E-state index is 12.2. The van der Waals surface area contributed by atoms with E-state index in [1.165, 1.54) is 30.0 Å². The molecular formula is C18H16N4O3S2. The van der Waals surface area contributed by atoms with Gasteiger partial charge in [-0.3, -0.25) is 14.4 Å². The standard InChI is InChI=1S/C18H16N4O3S2/c1-11(23)12-4-2-5-13(8-12)20-16(24)9-15-17(25)21-18(27-15)22-19-10-14-6-3-7-26-14/h2-8,10,15H,9H2,1H3,(H,20,24)(H,21,22,25)/b19-10-. The van der Waals surface area contributed by atoms with Crippen LogP contribution in [-0.2, 0) is 9.59 Å². The third-order valence-electron chi connectivity index (χ3n) is 3.58. The highest BCUT2D eigenvalue weighted by atomic mass is 32.2. The van der Waals surface area contributed by atoms with Crippen molar-refractivity contribution >= 4 is 57.8 Å². The number of rotatable bonds is 6. The van der Waals surface area contributed by atoms with Gasteiger partial charge in [-0.15, -0.1) is 16.4 Å². The Balaban J connectivity index is 1.56. The van der Waals surface area contributed by atoms with Gasteiger partial charge in [0.15, 0.2) is 11.0 Å². The first-order valence-corrected chi connectivity index (χ1v) is 9.80. The van der Waals surface area contributed by atoms with Crippen molar-refractivity contribution in [2.75, 3.05) is 5.32 Å². The number of thiophene rings is 1. The predicted octanol–water partition coefficient (Wildman–Crippen LogP) is 2.90. The summed E-state index contributed by atoms with van der Waals surface area (Å²) in [5.74, 6) is -0.676. The molecule has 7 nitrogen and oxygen atoms in total. The van der Waals surface area contributed by atoms with Gasteiger partial charge >= 0.3 is 0 Å². The largest absolute Gasteiger partial charge is 0.326 e. The number of thioether (sulfide) groups is 1. The van der Waals surface area contributed by atoms with Gasteiger partial charge in [-0.25, -0.2) is 0 Å². The van der Waals surface area contributed by atoms with Gasteiger partial charge < -0.3 is 10.6 Å². The van der Waals surface area contributed by atoms with Crippen molar-refractivity contribution in [1.29, 1.82) is 0 Å². The van der Waals surface area contributed by atoms with Crippen LogP contribution in [0.15, 0.2) is 52.0 Å². The van der Waals surface area contributed by atoms with Crippen molar-refractivity contribution < 1.29 is 14.4 Å². The minimum absolute atomic E-state index is 0.00550. The Hall–Kier alpha value is -2.78. The molecule has 0 aliphatic carbocycles. The van der Waals surface area contributed by atoms with Gasteiger partial charge in [0.05, 0.1) is 6.21 Å². The van der Waals surface area contributed by atoms with E-state index in [1.54, 1.807) is 30.5 Å². The summed E-state index contributed by atoms with van der Waals surface area (Å²) in [6.45, 7) is 1.46. The van der Waals surface area contributed by atoms with E-state index in [0.29, 0.717) is 16.4 Å². The van der Waals surface area contributed by atoms with Crippen LogP contribution in [0.4, 0.5) is 5.69 Å². The Morgan fingerprint density at radius 3 is 2.89 bits per heavy atom. The quantitative estimate of drug-likeness (QED) is 0.442. The average Bonchev–Trinajstić information content (AvgIpc) is 3.25. The third-order valence-corrected chi connectivity index (χ3v) is 5.46. The molecule has 1 aromatic carbocycles. The first kappa shape index (κ1) is 19.0. The normalized spacial score (nSPS) is 18.0. The fourth-order valence-electron chi connectivity index (χ4n) is 2.29. The predicted molar refractivity (Wildman–Crippen MR) is 109 cm³/mol. The highest BCUT2D eigenvalue weighted by Gasteiger charge is 2.32. The van der Waals surface area contributed by atoms with Crippen molar-refractivity contribution in [2.24, 2.45) is 10.2 Å². The number of anilines is 1. The number of carbonyl (C=O) groups is 3. The molecule has 1 aromatic heterocycles. The lowest BCUT2D eigenvalue weighted by Gasteiger charge is -2.08. The fraction of sp³-hybridized carbons (Fsp3) is 0.167. The lowest BCUT2D eigenvalue weighted by atomic mass is 10.1. The number of benzene rings is 1. The van der Waals surface area contributed by atoms with Crippen molar-refractivity contribution in [3.8, 4) is 0 Å². The Morgan fingerprint density at radius 2 is 2.15 bits per heavy atom. The molecule has 0 spiro atoms. The SMILES string of the molecule is CC(=O)c1cccc(NC(=O)CC2S/C(=N/N=C\c3cccs3)NC2=O)c1. The molecule has 1 aliphatic heterocycles. The lowest BCUT2D eigenvalue weighted by molar-refractivity contribution is -0.122. The fourth-order valence-corrected chi connectivity index (χ4v) is 3.79. The van der Waals surface area contributed by atoms with Gasteiger partial charge in [0.25, 0.3) is 0 Å². The molecule has 1 fully saturated rings. The Kier molecular flexibility index (Phi) is 6.15. The molecule has 1 saturated heterocycles. The summed E-state index contributed by atoms with van der Waals surface area (Å²) < 4.78 is 0. The minimum atomic E-state index is -0.573. The highest BCUT2D eigenvalue weighted by molar-refractivity contribution is 8.15. The van der Waals surface area contributed by atoms with Crippen molar-refractivity contribution in [3.63, 3.8) is 0 Å². The molecule has 0 bridgehead atoms. The molecule has 0 radical (unpaired) electrons. The highest BCUT2D eigenvalue weighted by Crippen LogP contribution is 2.23. The molecule has 27 heavy (non-hydrogen) atoms. The zero-order chi connectivity index (χ0) is 19.2. The summed E-state index contributed by atoms with van der Waals surface area (Å²) in [5, 5.41) is 15.0. The molecule has 1 aliphatic rings. The maximum Gasteiger partial charge on any atom is 0.240 e. The molecule has 1 unspecified atom stereocenters. The molecule has 2 heterocycles. The second-order valence-corrected chi connectivity index (χ2v) is 7.82. The molecule has 0 saturated carbocycles. The number of amidine groups is 1. The maximum absolute atomic E-state index is 12.2. The number of nitrogens with one attached hydrogen (secondary N) is 2. The molecule has 2 amide bonds. The number of ketones is 1. The summed E-state index contributed by atoms with van der Waals surface area (Å²) >= 11 is 2.70. The van der Waals surface area contributed by atoms with Gasteiger partial charge in [0.1, 0.15) is 5.25 Å². The number of Topliss-reactive ketones (excluding diaryl/α,β-unsaturated/α-hetero) is 1. The number of carbonyl (C=O) groups excluding carboxylic acids is 3. The molecule has 1 atom stereocenters. The van der Waals surface area contributed by atoms with E-state index in [-0.39, 0.29) is 24.0 Å². The van der Waals surface area contributed by atoms with Crippen molar-refractivity contribution in [1.82, 2.24) is 5.32 Å². The molecule has 3 rings (SSSR count). The topological polar surface area (TPSA) is 100.0 Å². The van der Waals surface area contributed by atoms with E-state index in [2.05, 4.69) is 20.8 Å². The monoisotopic (exact) mass is 400 g/mol. The number of amides is 2. The van der Waals surface area contributed by atoms with Crippen molar-refractivity contribution in [2.45, 2.75) is 18.6 Å². The molecule has 9 heteroatoms. The Morgan fingerprint density at radius 1 is 1.30 bits per heavy atom. The first-order chi connectivity index (χ1) is 13.0. The van der Waals surface area contributed by atoms with Crippen LogP contribution in [0, 0.1) is 0 Å². The van der Waals surface area contributed by atoms with Gasteiger partial charge in [-0.05, 0) is 30.5 Å². The van der Waals surface area contributed by atoms with Gasteiger partial charge in [-0.2, -0.15) is 5.10 Å². The zero-order valence-electron chi connectivity index (χ0n) is 14.3. The minimum Gasteiger partial charge on any atom is -0.326 e. The van der Waals surface area contributed by atoms with Crippen LogP contribution in [0.25, 0.3) is 0 Å². The van der Waals surface area contributed by atoms with E-state index in [0.717, 1.165) is 4.88 Å². The Bertz CT molecular complexity index is 922. The summed E-state index contributed by atoms with van der Waals surface area (Å²) in [5.41, 5.74) is 1.03. The van der Waals surface area contributed by atoms with E-state index in [9.17, 15) is 14.4 Å². The lowest BCUT2D eigenvalue weighted by Crippen LogP contribution is -2.28. The number of hydrogen-bond donors (Lipinski definition) is 2. The second kappa shape index (κ2) is 8.74. The van der Waals surface area contributed by atoms with E-state index >= 15 is 0 Å². The van der Waals surface area contributed by atoms with E-state index < -0.39 is 5.25 Å². The molecule has 2 aromatic rings. The van der Waals surface area contributed by atoms with Gasteiger partial charge in [0, 0.05) is 22.5 Å². The van der Waals surface area contributed by atoms with Crippen LogP contribution >= 0.6 is 23.1 Å². The molecular weight excluding hydrogens is 384 g/mol. The number of hydrogen-bond acceptors (Lipinski definition) is 7. The summed E-state index contributed by atoms with van der Waals surface area (Å²) in [6.07, 6.45) is 1.60. The van der Waals surface area contributed by atoms with Crippen LogP contribution in [-0.4, -0.2) is 34.2 Å². The second-order valence-electron chi connectivity index (χ2n) is 5.65. The van der Waals surface area contributed by atoms with Gasteiger partial charge in [-0.1, -0.05) is 30.0 Å². The summed E-state index contributed by atoms with van der Waals surface area (Å²) in [7, 11) is 0. The van der Waals surface area contributed by atoms with Gasteiger partial charge in [0.2, 0.25) is 11.8 Å². The van der Waals surface area contributed by atoms with Crippen LogP contribution in [0.1, 0.15) is 28.6 Å². The van der Waals surface area contributed by atoms with Crippen LogP contribution in [0.3, 0.4) is 0 Å². The smallest absolute Gasteiger partial charge is 0.240 e. The average molecular weight is 400 g/mol. The third kappa shape index (κ3) is 5.35. The first-order valence-electron chi connectivity index (χ1n) is 8.04. The van der Waals surface area contributed by atoms with E-state index in [4.69, 9.17) is 0 Å². The zero-order valence-corrected chi connectivity index (χ0v) is 16.0. The van der Waals surface area contributed by atoms with Crippen LogP contribution in [0.5, 0.6) is 0 Å². The summed E-state index contributed by atoms with van der Waals surface area (Å²) in [4.78, 5) is 36.6. The molecule has 138 valence electrons. The van der Waals surface area contributed by atoms with Crippen LogP contribution < -0.4 is 10.6 Å². The summed E-state index contributed by atoms with van der Waals surface area (Å²) in [6, 6.07) is 10.5. The number of nitrogens with zero attached hydrogens (tertiary/aromatic N) is 2. The van der Waals surface area contributed by atoms with Crippen LogP contribution in [0.2, 0.25) is 0 Å².